The Hall–Kier alpha value is -2.34. The van der Waals surface area contributed by atoms with E-state index < -0.39 is 50.3 Å². The summed E-state index contributed by atoms with van der Waals surface area (Å²) in [6.07, 6.45) is -4.56. The average molecular weight is 480 g/mol. The topological polar surface area (TPSA) is 105 Å². The Morgan fingerprint density at radius 3 is 2.22 bits per heavy atom. The number of nitrogens with one attached hydrogen (secondary N) is 2. The van der Waals surface area contributed by atoms with Crippen molar-refractivity contribution in [3.05, 3.63) is 29.8 Å². The van der Waals surface area contributed by atoms with E-state index >= 15 is 0 Å². The van der Waals surface area contributed by atoms with Gasteiger partial charge in [0.2, 0.25) is 15.9 Å². The standard InChI is InChI=1S/C20H28F3N3O5S/c1-13(25-32(29,30)16-8-6-5-7-15(16)20(21,22)23)17(27)26-11-9-14(10-12-26)24-18(28)31-19(2,3)4/h5-8,13-14,25H,9-12H2,1-4H3,(H,24,28)/t13-/m0/s1. The van der Waals surface area contributed by atoms with Crippen LogP contribution < -0.4 is 10.0 Å². The second-order valence-electron chi connectivity index (χ2n) is 8.58. The van der Waals surface area contributed by atoms with Crippen molar-refractivity contribution < 1.29 is 35.9 Å². The summed E-state index contributed by atoms with van der Waals surface area (Å²) in [5.41, 5.74) is -1.95. The zero-order chi connectivity index (χ0) is 24.3. The highest BCUT2D eigenvalue weighted by molar-refractivity contribution is 7.89. The second-order valence-corrected chi connectivity index (χ2v) is 10.3. The van der Waals surface area contributed by atoms with Crippen LogP contribution in [0.1, 0.15) is 46.1 Å². The molecule has 2 N–H and O–H groups in total. The van der Waals surface area contributed by atoms with Crippen LogP contribution in [0.3, 0.4) is 0 Å². The Morgan fingerprint density at radius 2 is 1.69 bits per heavy atom. The van der Waals surface area contributed by atoms with Crippen molar-refractivity contribution in [2.24, 2.45) is 0 Å². The Morgan fingerprint density at radius 1 is 1.12 bits per heavy atom. The van der Waals surface area contributed by atoms with Crippen molar-refractivity contribution in [1.82, 2.24) is 14.9 Å². The van der Waals surface area contributed by atoms with Crippen molar-refractivity contribution >= 4 is 22.0 Å². The molecule has 180 valence electrons. The summed E-state index contributed by atoms with van der Waals surface area (Å²) in [4.78, 5) is 25.0. The van der Waals surface area contributed by atoms with Gasteiger partial charge in [-0.2, -0.15) is 17.9 Å². The number of carbonyl (C=O) groups is 2. The van der Waals surface area contributed by atoms with Crippen molar-refractivity contribution in [2.75, 3.05) is 13.1 Å². The van der Waals surface area contributed by atoms with Gasteiger partial charge in [0, 0.05) is 19.1 Å². The molecule has 2 amide bonds. The first-order valence-corrected chi connectivity index (χ1v) is 11.6. The molecule has 12 heteroatoms. The number of benzene rings is 1. The maximum atomic E-state index is 13.2. The van der Waals surface area contributed by atoms with E-state index in [1.807, 2.05) is 4.72 Å². The molecule has 0 aromatic heterocycles. The van der Waals surface area contributed by atoms with Gasteiger partial charge < -0.3 is 15.0 Å². The molecule has 0 unspecified atom stereocenters. The summed E-state index contributed by atoms with van der Waals surface area (Å²) < 4.78 is 71.9. The number of hydrogen-bond acceptors (Lipinski definition) is 5. The van der Waals surface area contributed by atoms with Crippen LogP contribution in [0.25, 0.3) is 0 Å². The Bertz CT molecular complexity index is 937. The summed E-state index contributed by atoms with van der Waals surface area (Å²) in [7, 11) is -4.59. The Kier molecular flexibility index (Phi) is 7.82. The lowest BCUT2D eigenvalue weighted by molar-refractivity contribution is -0.139. The number of alkyl halides is 3. The van der Waals surface area contributed by atoms with Crippen molar-refractivity contribution in [3.8, 4) is 0 Å². The average Bonchev–Trinajstić information content (AvgIpc) is 2.65. The van der Waals surface area contributed by atoms with Gasteiger partial charge in [0.1, 0.15) is 5.60 Å². The highest BCUT2D eigenvalue weighted by Gasteiger charge is 2.38. The van der Waals surface area contributed by atoms with Crippen molar-refractivity contribution in [2.45, 2.75) is 69.3 Å². The predicted molar refractivity (Wildman–Crippen MR) is 110 cm³/mol. The normalized spacial score (nSPS) is 17.0. The molecule has 0 radical (unpaired) electrons. The van der Waals surface area contributed by atoms with Gasteiger partial charge in [-0.15, -0.1) is 0 Å². The second kappa shape index (κ2) is 9.65. The minimum Gasteiger partial charge on any atom is -0.444 e. The number of ether oxygens (including phenoxy) is 1. The van der Waals surface area contributed by atoms with Crippen LogP contribution in [0.4, 0.5) is 18.0 Å². The van der Waals surface area contributed by atoms with E-state index in [9.17, 15) is 31.2 Å². The van der Waals surface area contributed by atoms with Crippen LogP contribution in [0.5, 0.6) is 0 Å². The van der Waals surface area contributed by atoms with Gasteiger partial charge in [-0.1, -0.05) is 12.1 Å². The predicted octanol–water partition coefficient (Wildman–Crippen LogP) is 2.89. The van der Waals surface area contributed by atoms with E-state index in [4.69, 9.17) is 4.74 Å². The maximum absolute atomic E-state index is 13.2. The molecular formula is C20H28F3N3O5S. The summed E-state index contributed by atoms with van der Waals surface area (Å²) in [5, 5.41) is 2.73. The molecule has 1 aromatic carbocycles. The number of halogens is 3. The highest BCUT2D eigenvalue weighted by Crippen LogP contribution is 2.34. The molecule has 1 saturated heterocycles. The number of hydrogen-bond donors (Lipinski definition) is 2. The van der Waals surface area contributed by atoms with Crippen LogP contribution in [0.2, 0.25) is 0 Å². The van der Waals surface area contributed by atoms with Crippen LogP contribution in [-0.2, 0) is 25.7 Å². The minimum atomic E-state index is -4.86. The summed E-state index contributed by atoms with van der Waals surface area (Å²) in [6.45, 7) is 7.01. The highest BCUT2D eigenvalue weighted by atomic mass is 32.2. The molecular weight excluding hydrogens is 451 g/mol. The van der Waals surface area contributed by atoms with Crippen LogP contribution in [0, 0.1) is 0 Å². The summed E-state index contributed by atoms with van der Waals surface area (Å²) in [5.74, 6) is -0.561. The molecule has 1 heterocycles. The van der Waals surface area contributed by atoms with E-state index in [0.717, 1.165) is 12.1 Å². The molecule has 0 aliphatic carbocycles. The summed E-state index contributed by atoms with van der Waals surface area (Å²) >= 11 is 0. The minimum absolute atomic E-state index is 0.209. The van der Waals surface area contributed by atoms with E-state index in [-0.39, 0.29) is 19.1 Å². The number of carbonyl (C=O) groups excluding carboxylic acids is 2. The first-order valence-electron chi connectivity index (χ1n) is 10.1. The molecule has 1 aliphatic heterocycles. The quantitative estimate of drug-likeness (QED) is 0.676. The fourth-order valence-corrected chi connectivity index (χ4v) is 4.70. The lowest BCUT2D eigenvalue weighted by atomic mass is 10.0. The third-order valence-corrected chi connectivity index (χ3v) is 6.31. The fourth-order valence-electron chi connectivity index (χ4n) is 3.27. The Balaban J connectivity index is 1.97. The molecule has 32 heavy (non-hydrogen) atoms. The molecule has 1 aromatic rings. The lowest BCUT2D eigenvalue weighted by Gasteiger charge is -2.34. The van der Waals surface area contributed by atoms with E-state index in [1.165, 1.54) is 17.9 Å². The zero-order valence-electron chi connectivity index (χ0n) is 18.3. The van der Waals surface area contributed by atoms with Gasteiger partial charge in [0.25, 0.3) is 0 Å². The maximum Gasteiger partial charge on any atom is 0.417 e. The van der Waals surface area contributed by atoms with E-state index in [2.05, 4.69) is 5.32 Å². The first-order chi connectivity index (χ1) is 14.6. The van der Waals surface area contributed by atoms with Crippen molar-refractivity contribution in [3.63, 3.8) is 0 Å². The van der Waals surface area contributed by atoms with Crippen LogP contribution >= 0.6 is 0 Å². The van der Waals surface area contributed by atoms with Crippen LogP contribution in [-0.4, -0.2) is 56.1 Å². The van der Waals surface area contributed by atoms with E-state index in [1.54, 1.807) is 20.8 Å². The monoisotopic (exact) mass is 479 g/mol. The molecule has 0 spiro atoms. The number of likely N-dealkylation sites (tertiary alicyclic amines) is 1. The molecule has 1 atom stereocenters. The number of amides is 2. The fraction of sp³-hybridized carbons (Fsp3) is 0.600. The summed E-state index contributed by atoms with van der Waals surface area (Å²) in [6, 6.07) is 2.31. The van der Waals surface area contributed by atoms with Crippen molar-refractivity contribution in [1.29, 1.82) is 0 Å². The number of sulfonamides is 1. The largest absolute Gasteiger partial charge is 0.444 e. The van der Waals surface area contributed by atoms with Gasteiger partial charge in [0.05, 0.1) is 16.5 Å². The number of rotatable bonds is 5. The molecule has 1 fully saturated rings. The van der Waals surface area contributed by atoms with Crippen LogP contribution in [0.15, 0.2) is 29.2 Å². The Labute approximate surface area is 185 Å². The molecule has 8 nitrogen and oxygen atoms in total. The third kappa shape index (κ3) is 7.09. The molecule has 1 aliphatic rings. The number of piperidine rings is 1. The molecule has 2 rings (SSSR count). The zero-order valence-corrected chi connectivity index (χ0v) is 19.1. The SMILES string of the molecule is C[C@H](NS(=O)(=O)c1ccccc1C(F)(F)F)C(=O)N1CCC(NC(=O)OC(C)(C)C)CC1. The lowest BCUT2D eigenvalue weighted by Crippen LogP contribution is -2.52. The number of alkyl carbamates (subject to hydrolysis) is 1. The van der Waals surface area contributed by atoms with Gasteiger partial charge in [-0.3, -0.25) is 4.79 Å². The first kappa shape index (κ1) is 25.9. The van der Waals surface area contributed by atoms with Gasteiger partial charge >= 0.3 is 12.3 Å². The molecule has 0 saturated carbocycles. The number of nitrogens with zero attached hydrogens (tertiary/aromatic N) is 1. The van der Waals surface area contributed by atoms with Gasteiger partial charge in [-0.05, 0) is 52.7 Å². The third-order valence-electron chi connectivity index (χ3n) is 4.71. The van der Waals surface area contributed by atoms with Gasteiger partial charge in [-0.25, -0.2) is 13.2 Å². The van der Waals surface area contributed by atoms with Gasteiger partial charge in [0.15, 0.2) is 0 Å². The molecule has 0 bridgehead atoms. The van der Waals surface area contributed by atoms with E-state index in [0.29, 0.717) is 18.9 Å². The smallest absolute Gasteiger partial charge is 0.417 e.